The molecule has 13 heavy (non-hydrogen) atoms. The number of hydrogen-bond donors (Lipinski definition) is 1. The summed E-state index contributed by atoms with van der Waals surface area (Å²) in [7, 11) is 1.70. The van der Waals surface area contributed by atoms with Gasteiger partial charge < -0.3 is 4.57 Å². The largest absolute Gasteiger partial charge is 0.318 e. The lowest BCUT2D eigenvalue weighted by atomic mass is 10.3. The number of aromatic nitrogens is 4. The van der Waals surface area contributed by atoms with E-state index in [2.05, 4.69) is 15.2 Å². The van der Waals surface area contributed by atoms with Gasteiger partial charge in [0.25, 0.3) is 0 Å². The summed E-state index contributed by atoms with van der Waals surface area (Å²) in [6, 6.07) is 3.21. The van der Waals surface area contributed by atoms with Crippen LogP contribution in [0.5, 0.6) is 0 Å². The SMILES string of the molecule is Cn1cc(-c2ncn[nH]2)ccc1=O. The van der Waals surface area contributed by atoms with Gasteiger partial charge in [0, 0.05) is 24.9 Å². The van der Waals surface area contributed by atoms with Crippen molar-refractivity contribution in [2.24, 2.45) is 7.05 Å². The van der Waals surface area contributed by atoms with Crippen LogP contribution < -0.4 is 5.56 Å². The van der Waals surface area contributed by atoms with Crippen LogP contribution in [0.4, 0.5) is 0 Å². The molecule has 2 rings (SSSR count). The Morgan fingerprint density at radius 2 is 2.31 bits per heavy atom. The molecule has 0 unspecified atom stereocenters. The van der Waals surface area contributed by atoms with Gasteiger partial charge in [0.05, 0.1) is 0 Å². The van der Waals surface area contributed by atoms with Crippen LogP contribution in [0.3, 0.4) is 0 Å². The van der Waals surface area contributed by atoms with E-state index >= 15 is 0 Å². The van der Waals surface area contributed by atoms with Crippen molar-refractivity contribution in [2.45, 2.75) is 0 Å². The van der Waals surface area contributed by atoms with E-state index in [0.29, 0.717) is 5.82 Å². The minimum absolute atomic E-state index is 0.0386. The number of aryl methyl sites for hydroxylation is 1. The van der Waals surface area contributed by atoms with E-state index in [1.54, 1.807) is 19.3 Å². The molecule has 0 aliphatic carbocycles. The Labute approximate surface area is 74.1 Å². The van der Waals surface area contributed by atoms with E-state index in [9.17, 15) is 4.79 Å². The zero-order valence-electron chi connectivity index (χ0n) is 7.06. The first-order chi connectivity index (χ1) is 6.27. The molecule has 0 atom stereocenters. The molecule has 0 fully saturated rings. The van der Waals surface area contributed by atoms with E-state index in [1.807, 2.05) is 0 Å². The standard InChI is InChI=1S/C8H8N4O/c1-12-4-6(2-3-7(12)13)8-9-5-10-11-8/h2-5H,1H3,(H,9,10,11). The van der Waals surface area contributed by atoms with Crippen molar-refractivity contribution < 1.29 is 0 Å². The number of nitrogens with one attached hydrogen (secondary N) is 1. The van der Waals surface area contributed by atoms with Crippen LogP contribution in [-0.4, -0.2) is 19.7 Å². The van der Waals surface area contributed by atoms with Crippen LogP contribution in [0.1, 0.15) is 0 Å². The van der Waals surface area contributed by atoms with Crippen molar-refractivity contribution in [1.82, 2.24) is 19.7 Å². The Morgan fingerprint density at radius 3 is 2.92 bits per heavy atom. The van der Waals surface area contributed by atoms with Gasteiger partial charge in [-0.05, 0) is 6.07 Å². The molecule has 2 aromatic heterocycles. The van der Waals surface area contributed by atoms with Crippen LogP contribution in [0, 0.1) is 0 Å². The molecule has 0 amide bonds. The minimum atomic E-state index is -0.0386. The van der Waals surface area contributed by atoms with Crippen molar-refractivity contribution in [2.75, 3.05) is 0 Å². The maximum atomic E-state index is 11.1. The van der Waals surface area contributed by atoms with Crippen molar-refractivity contribution >= 4 is 0 Å². The molecule has 2 aromatic rings. The van der Waals surface area contributed by atoms with Gasteiger partial charge in [0.2, 0.25) is 5.56 Å². The highest BCUT2D eigenvalue weighted by molar-refractivity contribution is 5.51. The fourth-order valence-electron chi connectivity index (χ4n) is 1.08. The molecule has 0 saturated carbocycles. The highest BCUT2D eigenvalue weighted by atomic mass is 16.1. The topological polar surface area (TPSA) is 63.6 Å². The Bertz CT molecular complexity index is 457. The molecule has 5 nitrogen and oxygen atoms in total. The van der Waals surface area contributed by atoms with E-state index in [0.717, 1.165) is 5.56 Å². The molecule has 0 bridgehead atoms. The molecule has 0 aliphatic rings. The summed E-state index contributed by atoms with van der Waals surface area (Å²) < 4.78 is 1.50. The summed E-state index contributed by atoms with van der Waals surface area (Å²) in [6.45, 7) is 0. The number of nitrogens with zero attached hydrogens (tertiary/aromatic N) is 3. The maximum Gasteiger partial charge on any atom is 0.250 e. The molecule has 0 radical (unpaired) electrons. The van der Waals surface area contributed by atoms with Crippen LogP contribution >= 0.6 is 0 Å². The lowest BCUT2D eigenvalue weighted by molar-refractivity contribution is 0.860. The lowest BCUT2D eigenvalue weighted by Gasteiger charge is -1.98. The zero-order chi connectivity index (χ0) is 9.26. The van der Waals surface area contributed by atoms with Crippen molar-refractivity contribution in [3.05, 3.63) is 35.0 Å². The van der Waals surface area contributed by atoms with Crippen LogP contribution in [0.15, 0.2) is 29.5 Å². The predicted molar refractivity (Wildman–Crippen MR) is 47.1 cm³/mol. The summed E-state index contributed by atoms with van der Waals surface area (Å²) in [6.07, 6.45) is 3.14. The summed E-state index contributed by atoms with van der Waals surface area (Å²) >= 11 is 0. The van der Waals surface area contributed by atoms with Gasteiger partial charge in [-0.1, -0.05) is 0 Å². The summed E-state index contributed by atoms with van der Waals surface area (Å²) in [5, 5.41) is 6.45. The highest BCUT2D eigenvalue weighted by Gasteiger charge is 2.00. The van der Waals surface area contributed by atoms with E-state index in [-0.39, 0.29) is 5.56 Å². The van der Waals surface area contributed by atoms with Crippen LogP contribution in [0.25, 0.3) is 11.4 Å². The average Bonchev–Trinajstić information content (AvgIpc) is 2.62. The van der Waals surface area contributed by atoms with Gasteiger partial charge in [-0.2, -0.15) is 5.10 Å². The number of hydrogen-bond acceptors (Lipinski definition) is 3. The number of pyridine rings is 1. The molecule has 0 aliphatic heterocycles. The van der Waals surface area contributed by atoms with E-state index < -0.39 is 0 Å². The second-order valence-corrected chi connectivity index (χ2v) is 2.70. The monoisotopic (exact) mass is 176 g/mol. The van der Waals surface area contributed by atoms with Gasteiger partial charge >= 0.3 is 0 Å². The van der Waals surface area contributed by atoms with Gasteiger partial charge in [0.1, 0.15) is 6.33 Å². The normalized spacial score (nSPS) is 10.2. The van der Waals surface area contributed by atoms with Crippen molar-refractivity contribution in [3.63, 3.8) is 0 Å². The minimum Gasteiger partial charge on any atom is -0.318 e. The number of rotatable bonds is 1. The molecule has 0 aromatic carbocycles. The lowest BCUT2D eigenvalue weighted by Crippen LogP contribution is -2.14. The summed E-state index contributed by atoms with van der Waals surface area (Å²) in [5.74, 6) is 0.663. The first kappa shape index (κ1) is 7.72. The zero-order valence-corrected chi connectivity index (χ0v) is 7.06. The molecule has 66 valence electrons. The Kier molecular flexibility index (Phi) is 1.70. The molecular formula is C8H8N4O. The molecule has 0 saturated heterocycles. The fraction of sp³-hybridized carbons (Fsp3) is 0.125. The van der Waals surface area contributed by atoms with Gasteiger partial charge in [0.15, 0.2) is 5.82 Å². The van der Waals surface area contributed by atoms with Gasteiger partial charge in [-0.3, -0.25) is 9.89 Å². The first-order valence-corrected chi connectivity index (χ1v) is 3.80. The summed E-state index contributed by atoms with van der Waals surface area (Å²) in [4.78, 5) is 15.0. The second kappa shape index (κ2) is 2.85. The third kappa shape index (κ3) is 1.35. The molecule has 2 heterocycles. The fourth-order valence-corrected chi connectivity index (χ4v) is 1.08. The molecule has 5 heteroatoms. The smallest absolute Gasteiger partial charge is 0.250 e. The third-order valence-corrected chi connectivity index (χ3v) is 1.77. The maximum absolute atomic E-state index is 11.1. The van der Waals surface area contributed by atoms with Crippen LogP contribution in [0.2, 0.25) is 0 Å². The molecule has 1 N–H and O–H groups in total. The molecule has 0 spiro atoms. The Morgan fingerprint density at radius 1 is 1.46 bits per heavy atom. The van der Waals surface area contributed by atoms with Gasteiger partial charge in [-0.25, -0.2) is 4.98 Å². The highest BCUT2D eigenvalue weighted by Crippen LogP contribution is 2.09. The number of H-pyrrole nitrogens is 1. The average molecular weight is 176 g/mol. The predicted octanol–water partition coefficient (Wildman–Crippen LogP) is 0.170. The number of aromatic amines is 1. The van der Waals surface area contributed by atoms with Gasteiger partial charge in [-0.15, -0.1) is 0 Å². The Balaban J connectivity index is 2.55. The first-order valence-electron chi connectivity index (χ1n) is 3.80. The third-order valence-electron chi connectivity index (χ3n) is 1.77. The van der Waals surface area contributed by atoms with Crippen LogP contribution in [-0.2, 0) is 7.05 Å². The van der Waals surface area contributed by atoms with E-state index in [4.69, 9.17) is 0 Å². The Hall–Kier alpha value is -1.91. The molecular weight excluding hydrogens is 168 g/mol. The van der Waals surface area contributed by atoms with E-state index in [1.165, 1.54) is 17.0 Å². The summed E-state index contributed by atoms with van der Waals surface area (Å²) in [5.41, 5.74) is 0.808. The van der Waals surface area contributed by atoms with Crippen molar-refractivity contribution in [3.8, 4) is 11.4 Å². The second-order valence-electron chi connectivity index (χ2n) is 2.70. The quantitative estimate of drug-likeness (QED) is 0.673. The van der Waals surface area contributed by atoms with Crippen molar-refractivity contribution in [1.29, 1.82) is 0 Å².